The van der Waals surface area contributed by atoms with Gasteiger partial charge in [0.15, 0.2) is 0 Å². The predicted octanol–water partition coefficient (Wildman–Crippen LogP) is 3.90. The quantitative estimate of drug-likeness (QED) is 0.652. The summed E-state index contributed by atoms with van der Waals surface area (Å²) in [7, 11) is 4.00. The molecule has 1 aromatic carbocycles. The number of hydrogen-bond donors (Lipinski definition) is 2. The standard InChI is InChI=1S/C21H30ClN5O/c1-15-24-20(14-21(25-15)27(2)3)26-18-8-6-17(7-9-18)23-12-13-28-19-10-4-16(22)5-11-19/h4-5,10-11,14,17-18,23H,6-9,12-13H2,1-3H3,(H,24,25,26). The van der Waals surface area contributed by atoms with Crippen LogP contribution in [-0.2, 0) is 0 Å². The summed E-state index contributed by atoms with van der Waals surface area (Å²) in [6, 6.07) is 10.5. The summed E-state index contributed by atoms with van der Waals surface area (Å²) < 4.78 is 5.74. The second-order valence-corrected chi connectivity index (χ2v) is 7.94. The molecule has 0 aliphatic heterocycles. The van der Waals surface area contributed by atoms with Crippen molar-refractivity contribution < 1.29 is 4.74 Å². The molecule has 1 aromatic heterocycles. The average Bonchev–Trinajstić information content (AvgIpc) is 2.67. The van der Waals surface area contributed by atoms with Gasteiger partial charge in [0.05, 0.1) is 0 Å². The summed E-state index contributed by atoms with van der Waals surface area (Å²) in [5.74, 6) is 3.51. The summed E-state index contributed by atoms with van der Waals surface area (Å²) in [5, 5.41) is 7.93. The molecule has 2 aromatic rings. The highest BCUT2D eigenvalue weighted by Crippen LogP contribution is 2.23. The monoisotopic (exact) mass is 403 g/mol. The molecule has 0 radical (unpaired) electrons. The van der Waals surface area contributed by atoms with Crippen molar-refractivity contribution in [3.8, 4) is 5.75 Å². The molecular formula is C21H30ClN5O. The van der Waals surface area contributed by atoms with Crippen molar-refractivity contribution in [3.05, 3.63) is 41.2 Å². The molecular weight excluding hydrogens is 374 g/mol. The van der Waals surface area contributed by atoms with E-state index < -0.39 is 0 Å². The summed E-state index contributed by atoms with van der Waals surface area (Å²) in [4.78, 5) is 11.0. The second-order valence-electron chi connectivity index (χ2n) is 7.50. The van der Waals surface area contributed by atoms with Gasteiger partial charge in [-0.1, -0.05) is 11.6 Å². The van der Waals surface area contributed by atoms with Crippen LogP contribution >= 0.6 is 11.6 Å². The van der Waals surface area contributed by atoms with E-state index in [1.54, 1.807) is 0 Å². The van der Waals surface area contributed by atoms with Crippen LogP contribution < -0.4 is 20.3 Å². The van der Waals surface area contributed by atoms with E-state index in [0.29, 0.717) is 18.7 Å². The van der Waals surface area contributed by atoms with Crippen molar-refractivity contribution in [1.82, 2.24) is 15.3 Å². The smallest absolute Gasteiger partial charge is 0.133 e. The highest BCUT2D eigenvalue weighted by Gasteiger charge is 2.21. The molecule has 0 spiro atoms. The van der Waals surface area contributed by atoms with Crippen LogP contribution in [0.2, 0.25) is 5.02 Å². The Hall–Kier alpha value is -2.05. The molecule has 1 aliphatic carbocycles. The first kappa shape index (κ1) is 20.7. The number of anilines is 2. The fraction of sp³-hybridized carbons (Fsp3) is 0.524. The SMILES string of the molecule is Cc1nc(NC2CCC(NCCOc3ccc(Cl)cc3)CC2)cc(N(C)C)n1. The number of benzene rings is 1. The minimum Gasteiger partial charge on any atom is -0.492 e. The number of ether oxygens (including phenoxy) is 1. The number of halogens is 1. The van der Waals surface area contributed by atoms with Crippen molar-refractivity contribution in [2.75, 3.05) is 37.5 Å². The number of hydrogen-bond acceptors (Lipinski definition) is 6. The lowest BCUT2D eigenvalue weighted by Gasteiger charge is -2.30. The fourth-order valence-electron chi connectivity index (χ4n) is 3.47. The molecule has 2 N–H and O–H groups in total. The van der Waals surface area contributed by atoms with E-state index in [2.05, 4.69) is 20.6 Å². The highest BCUT2D eigenvalue weighted by molar-refractivity contribution is 6.30. The number of nitrogens with zero attached hydrogens (tertiary/aromatic N) is 3. The van der Waals surface area contributed by atoms with E-state index in [4.69, 9.17) is 16.3 Å². The topological polar surface area (TPSA) is 62.3 Å². The number of nitrogens with one attached hydrogen (secondary N) is 2. The molecule has 3 rings (SSSR count). The predicted molar refractivity (Wildman–Crippen MR) is 116 cm³/mol. The van der Waals surface area contributed by atoms with Crippen molar-refractivity contribution in [3.63, 3.8) is 0 Å². The summed E-state index contributed by atoms with van der Waals surface area (Å²) in [5.41, 5.74) is 0. The molecule has 0 bridgehead atoms. The first-order chi connectivity index (χ1) is 13.5. The minimum absolute atomic E-state index is 0.465. The van der Waals surface area contributed by atoms with Crippen LogP contribution in [0.4, 0.5) is 11.6 Å². The zero-order valence-corrected chi connectivity index (χ0v) is 17.7. The molecule has 0 atom stereocenters. The van der Waals surface area contributed by atoms with Crippen LogP contribution in [0.1, 0.15) is 31.5 Å². The van der Waals surface area contributed by atoms with Gasteiger partial charge >= 0.3 is 0 Å². The van der Waals surface area contributed by atoms with Crippen LogP contribution in [0, 0.1) is 6.92 Å². The van der Waals surface area contributed by atoms with Crippen LogP contribution in [0.25, 0.3) is 0 Å². The Balaban J connectivity index is 1.37. The Morgan fingerprint density at radius 2 is 1.75 bits per heavy atom. The Morgan fingerprint density at radius 1 is 1.07 bits per heavy atom. The molecule has 1 saturated carbocycles. The van der Waals surface area contributed by atoms with Crippen molar-refractivity contribution >= 4 is 23.2 Å². The van der Waals surface area contributed by atoms with Gasteiger partial charge in [-0.15, -0.1) is 0 Å². The van der Waals surface area contributed by atoms with E-state index in [1.165, 1.54) is 0 Å². The molecule has 1 heterocycles. The maximum atomic E-state index is 5.88. The Labute approximate surface area is 172 Å². The van der Waals surface area contributed by atoms with E-state index in [9.17, 15) is 0 Å². The van der Waals surface area contributed by atoms with Crippen molar-refractivity contribution in [2.45, 2.75) is 44.7 Å². The van der Waals surface area contributed by atoms with Crippen molar-refractivity contribution in [2.24, 2.45) is 0 Å². The Morgan fingerprint density at radius 3 is 2.43 bits per heavy atom. The van der Waals surface area contributed by atoms with Gasteiger partial charge in [0.1, 0.15) is 29.8 Å². The lowest BCUT2D eigenvalue weighted by Crippen LogP contribution is -2.38. The third-order valence-electron chi connectivity index (χ3n) is 4.98. The van der Waals surface area contributed by atoms with Gasteiger partial charge in [-0.3, -0.25) is 0 Å². The molecule has 0 saturated heterocycles. The normalized spacial score (nSPS) is 19.3. The third-order valence-corrected chi connectivity index (χ3v) is 5.23. The van der Waals surface area contributed by atoms with Crippen molar-refractivity contribution in [1.29, 1.82) is 0 Å². The second kappa shape index (κ2) is 9.94. The number of aromatic nitrogens is 2. The van der Waals surface area contributed by atoms with E-state index in [-0.39, 0.29) is 0 Å². The van der Waals surface area contributed by atoms with Crippen LogP contribution in [-0.4, -0.2) is 49.3 Å². The van der Waals surface area contributed by atoms with E-state index in [0.717, 1.165) is 60.5 Å². The van der Waals surface area contributed by atoms with Gasteiger partial charge in [0.2, 0.25) is 0 Å². The molecule has 7 heteroatoms. The Kier molecular flexibility index (Phi) is 7.34. The molecule has 6 nitrogen and oxygen atoms in total. The molecule has 0 unspecified atom stereocenters. The van der Waals surface area contributed by atoms with E-state index >= 15 is 0 Å². The summed E-state index contributed by atoms with van der Waals surface area (Å²) in [6.07, 6.45) is 4.58. The lowest BCUT2D eigenvalue weighted by molar-refractivity contribution is 0.285. The molecule has 1 aliphatic rings. The first-order valence-electron chi connectivity index (χ1n) is 9.91. The highest BCUT2D eigenvalue weighted by atomic mass is 35.5. The Bertz CT molecular complexity index is 745. The lowest BCUT2D eigenvalue weighted by atomic mass is 9.91. The van der Waals surface area contributed by atoms with Gasteiger partial charge in [-0.25, -0.2) is 9.97 Å². The zero-order valence-electron chi connectivity index (χ0n) is 16.9. The first-order valence-corrected chi connectivity index (χ1v) is 10.3. The third kappa shape index (κ3) is 6.24. The largest absolute Gasteiger partial charge is 0.492 e. The van der Waals surface area contributed by atoms with Gasteiger partial charge < -0.3 is 20.3 Å². The molecule has 152 valence electrons. The zero-order chi connectivity index (χ0) is 19.9. The van der Waals surface area contributed by atoms with Crippen LogP contribution in [0.5, 0.6) is 5.75 Å². The van der Waals surface area contributed by atoms with Crippen LogP contribution in [0.15, 0.2) is 30.3 Å². The van der Waals surface area contributed by atoms with Gasteiger partial charge in [0, 0.05) is 43.8 Å². The average molecular weight is 404 g/mol. The van der Waals surface area contributed by atoms with E-state index in [1.807, 2.05) is 56.3 Å². The van der Waals surface area contributed by atoms with Gasteiger partial charge in [-0.05, 0) is 56.9 Å². The summed E-state index contributed by atoms with van der Waals surface area (Å²) in [6.45, 7) is 3.45. The fourth-order valence-corrected chi connectivity index (χ4v) is 3.59. The van der Waals surface area contributed by atoms with Gasteiger partial charge in [-0.2, -0.15) is 0 Å². The maximum absolute atomic E-state index is 5.88. The minimum atomic E-state index is 0.465. The number of aryl methyl sites for hydroxylation is 1. The summed E-state index contributed by atoms with van der Waals surface area (Å²) >= 11 is 5.88. The molecule has 28 heavy (non-hydrogen) atoms. The maximum Gasteiger partial charge on any atom is 0.133 e. The van der Waals surface area contributed by atoms with Gasteiger partial charge in [0.25, 0.3) is 0 Å². The molecule has 0 amide bonds. The number of rotatable bonds is 8. The molecule has 1 fully saturated rings. The van der Waals surface area contributed by atoms with Crippen LogP contribution in [0.3, 0.4) is 0 Å².